The van der Waals surface area contributed by atoms with Crippen molar-refractivity contribution < 1.29 is 22.7 Å². The molecule has 0 aliphatic carbocycles. The minimum Gasteiger partial charge on any atom is -0.444 e. The van der Waals surface area contributed by atoms with E-state index in [1.165, 1.54) is 9.21 Å². The number of rotatable bonds is 7. The molecule has 2 unspecified atom stereocenters. The molecule has 2 aromatic rings. The first-order valence-electron chi connectivity index (χ1n) is 10.9. The maximum atomic E-state index is 13.5. The van der Waals surface area contributed by atoms with Crippen LogP contribution in [-0.4, -0.2) is 61.1 Å². The molecule has 1 aliphatic heterocycles. The predicted molar refractivity (Wildman–Crippen MR) is 127 cm³/mol. The smallest absolute Gasteiger partial charge is 0.410 e. The average Bonchev–Trinajstić information content (AvgIpc) is 2.78. The second-order valence-corrected chi connectivity index (χ2v) is 10.9. The molecule has 0 saturated carbocycles. The van der Waals surface area contributed by atoms with Crippen LogP contribution in [0.25, 0.3) is 0 Å². The van der Waals surface area contributed by atoms with E-state index in [0.29, 0.717) is 6.61 Å². The van der Waals surface area contributed by atoms with Gasteiger partial charge in [-0.1, -0.05) is 54.6 Å². The van der Waals surface area contributed by atoms with Crippen LogP contribution in [0.15, 0.2) is 78.2 Å². The Bertz CT molecular complexity index is 1040. The SMILES string of the molecule is C=CC1CN(S(=O)(=O)c2ccccc2)C(COCc2ccccc2)CN1C(=O)OC(C)(C)C. The van der Waals surface area contributed by atoms with Gasteiger partial charge in [0.15, 0.2) is 0 Å². The van der Waals surface area contributed by atoms with E-state index < -0.39 is 33.8 Å². The fourth-order valence-corrected chi connectivity index (χ4v) is 5.30. The second kappa shape index (κ2) is 10.5. The monoisotopic (exact) mass is 472 g/mol. The van der Waals surface area contributed by atoms with Gasteiger partial charge in [-0.25, -0.2) is 13.2 Å². The zero-order valence-corrected chi connectivity index (χ0v) is 20.2. The first kappa shape index (κ1) is 25.0. The van der Waals surface area contributed by atoms with Crippen molar-refractivity contribution in [2.75, 3.05) is 19.7 Å². The number of hydrogen-bond donors (Lipinski definition) is 0. The number of amides is 1. The van der Waals surface area contributed by atoms with Gasteiger partial charge in [0.05, 0.1) is 30.2 Å². The molecule has 0 bridgehead atoms. The summed E-state index contributed by atoms with van der Waals surface area (Å²) in [5, 5.41) is 0. The van der Waals surface area contributed by atoms with E-state index in [4.69, 9.17) is 9.47 Å². The van der Waals surface area contributed by atoms with E-state index in [-0.39, 0.29) is 24.6 Å². The van der Waals surface area contributed by atoms with Gasteiger partial charge < -0.3 is 9.47 Å². The molecule has 1 saturated heterocycles. The molecule has 1 aliphatic rings. The third-order valence-corrected chi connectivity index (χ3v) is 7.19. The van der Waals surface area contributed by atoms with Crippen LogP contribution in [0.3, 0.4) is 0 Å². The number of piperazine rings is 1. The van der Waals surface area contributed by atoms with E-state index in [2.05, 4.69) is 6.58 Å². The lowest BCUT2D eigenvalue weighted by atomic mass is 10.1. The molecule has 0 aromatic heterocycles. The molecular weight excluding hydrogens is 440 g/mol. The third kappa shape index (κ3) is 6.43. The number of carbonyl (C=O) groups excluding carboxylic acids is 1. The van der Waals surface area contributed by atoms with Crippen LogP contribution in [0.1, 0.15) is 26.3 Å². The van der Waals surface area contributed by atoms with Crippen molar-refractivity contribution in [2.24, 2.45) is 0 Å². The molecule has 178 valence electrons. The Balaban J connectivity index is 1.86. The van der Waals surface area contributed by atoms with E-state index in [1.807, 2.05) is 30.3 Å². The Hall–Kier alpha value is -2.68. The van der Waals surface area contributed by atoms with Crippen LogP contribution in [0.4, 0.5) is 4.79 Å². The zero-order chi connectivity index (χ0) is 24.1. The molecule has 7 nitrogen and oxygen atoms in total. The van der Waals surface area contributed by atoms with E-state index in [0.717, 1.165) is 5.56 Å². The van der Waals surface area contributed by atoms with Gasteiger partial charge >= 0.3 is 6.09 Å². The molecule has 3 rings (SSSR count). The number of hydrogen-bond acceptors (Lipinski definition) is 5. The van der Waals surface area contributed by atoms with Gasteiger partial charge in [0.1, 0.15) is 5.60 Å². The number of sulfonamides is 1. The highest BCUT2D eigenvalue weighted by Gasteiger charge is 2.42. The lowest BCUT2D eigenvalue weighted by Crippen LogP contribution is -2.62. The third-order valence-electron chi connectivity index (χ3n) is 5.25. The summed E-state index contributed by atoms with van der Waals surface area (Å²) in [6, 6.07) is 16.8. The predicted octanol–water partition coefficient (Wildman–Crippen LogP) is 4.07. The summed E-state index contributed by atoms with van der Waals surface area (Å²) >= 11 is 0. The van der Waals surface area contributed by atoms with Crippen molar-refractivity contribution in [1.82, 2.24) is 9.21 Å². The summed E-state index contributed by atoms with van der Waals surface area (Å²) in [5.41, 5.74) is 0.314. The van der Waals surface area contributed by atoms with Crippen molar-refractivity contribution in [3.8, 4) is 0 Å². The molecule has 0 spiro atoms. The maximum absolute atomic E-state index is 13.5. The molecule has 2 atom stereocenters. The van der Waals surface area contributed by atoms with Crippen LogP contribution < -0.4 is 0 Å². The van der Waals surface area contributed by atoms with E-state index in [1.54, 1.807) is 57.2 Å². The lowest BCUT2D eigenvalue weighted by Gasteiger charge is -2.44. The maximum Gasteiger partial charge on any atom is 0.410 e. The van der Waals surface area contributed by atoms with Crippen LogP contribution in [0, 0.1) is 0 Å². The van der Waals surface area contributed by atoms with Gasteiger partial charge in [0, 0.05) is 13.1 Å². The molecule has 8 heteroatoms. The Labute approximate surface area is 196 Å². The fraction of sp³-hybridized carbons (Fsp3) is 0.400. The molecule has 0 radical (unpaired) electrons. The Morgan fingerprint density at radius 3 is 2.24 bits per heavy atom. The zero-order valence-electron chi connectivity index (χ0n) is 19.4. The van der Waals surface area contributed by atoms with Gasteiger partial charge in [0.2, 0.25) is 10.0 Å². The Morgan fingerprint density at radius 1 is 1.06 bits per heavy atom. The van der Waals surface area contributed by atoms with Gasteiger partial charge in [-0.15, -0.1) is 6.58 Å². The second-order valence-electron chi connectivity index (χ2n) is 8.98. The molecule has 2 aromatic carbocycles. The Morgan fingerprint density at radius 2 is 1.67 bits per heavy atom. The molecule has 0 N–H and O–H groups in total. The highest BCUT2D eigenvalue weighted by Crippen LogP contribution is 2.26. The van der Waals surface area contributed by atoms with Crippen LogP contribution in [0.2, 0.25) is 0 Å². The minimum absolute atomic E-state index is 0.0688. The summed E-state index contributed by atoms with van der Waals surface area (Å²) in [7, 11) is -3.81. The molecule has 33 heavy (non-hydrogen) atoms. The lowest BCUT2D eigenvalue weighted by molar-refractivity contribution is -0.00953. The average molecular weight is 473 g/mol. The summed E-state index contributed by atoms with van der Waals surface area (Å²) in [6.45, 7) is 9.89. The van der Waals surface area contributed by atoms with E-state index in [9.17, 15) is 13.2 Å². The van der Waals surface area contributed by atoms with Crippen molar-refractivity contribution in [1.29, 1.82) is 0 Å². The normalized spacial score (nSPS) is 19.8. The number of carbonyl (C=O) groups is 1. The van der Waals surface area contributed by atoms with Crippen molar-refractivity contribution in [3.05, 3.63) is 78.9 Å². The molecular formula is C25H32N2O5S. The van der Waals surface area contributed by atoms with Crippen LogP contribution in [-0.2, 0) is 26.1 Å². The minimum atomic E-state index is -3.81. The number of benzene rings is 2. The number of ether oxygens (including phenoxy) is 2. The van der Waals surface area contributed by atoms with Gasteiger partial charge in [-0.05, 0) is 38.5 Å². The summed E-state index contributed by atoms with van der Waals surface area (Å²) in [5.74, 6) is 0. The summed E-state index contributed by atoms with van der Waals surface area (Å²) < 4.78 is 39.9. The highest BCUT2D eigenvalue weighted by molar-refractivity contribution is 7.89. The van der Waals surface area contributed by atoms with Crippen molar-refractivity contribution in [2.45, 2.75) is 50.0 Å². The van der Waals surface area contributed by atoms with Gasteiger partial charge in [-0.2, -0.15) is 4.31 Å². The first-order valence-corrected chi connectivity index (χ1v) is 12.4. The summed E-state index contributed by atoms with van der Waals surface area (Å²) in [4.78, 5) is 14.6. The standard InChI is InChI=1S/C25H32N2O5S/c1-5-21-17-27(33(29,30)23-14-10-7-11-15-23)22(16-26(21)24(28)32-25(2,3)4)19-31-18-20-12-8-6-9-13-20/h5-15,21-22H,1,16-19H2,2-4H3. The topological polar surface area (TPSA) is 76.2 Å². The van der Waals surface area contributed by atoms with Gasteiger partial charge in [-0.3, -0.25) is 4.90 Å². The largest absolute Gasteiger partial charge is 0.444 e. The number of nitrogens with zero attached hydrogens (tertiary/aromatic N) is 2. The van der Waals surface area contributed by atoms with Crippen molar-refractivity contribution >= 4 is 16.1 Å². The van der Waals surface area contributed by atoms with E-state index >= 15 is 0 Å². The van der Waals surface area contributed by atoms with Crippen LogP contribution >= 0.6 is 0 Å². The molecule has 1 fully saturated rings. The molecule has 1 amide bonds. The van der Waals surface area contributed by atoms with Crippen LogP contribution in [0.5, 0.6) is 0 Å². The highest BCUT2D eigenvalue weighted by atomic mass is 32.2. The molecule has 1 heterocycles. The Kier molecular flexibility index (Phi) is 7.94. The first-order chi connectivity index (χ1) is 15.6. The quantitative estimate of drug-likeness (QED) is 0.568. The fourth-order valence-electron chi connectivity index (χ4n) is 3.66. The van der Waals surface area contributed by atoms with Crippen molar-refractivity contribution in [3.63, 3.8) is 0 Å². The summed E-state index contributed by atoms with van der Waals surface area (Å²) in [6.07, 6.45) is 1.08. The van der Waals surface area contributed by atoms with Gasteiger partial charge in [0.25, 0.3) is 0 Å².